The van der Waals surface area contributed by atoms with Crippen LogP contribution in [0.4, 0.5) is 0 Å². The fourth-order valence-corrected chi connectivity index (χ4v) is 5.19. The standard InChI is InChI=1S/C30H32N2O5S/c1-18-12-22(16-28(36-4)30(18)37-5)29-24(17-38-32-29)20-8-11-27(35-3)21(14-20)15-26(33)25(31)13-19-6-9-23(34-2)10-7-19/h6-12,14,16-17,25H,13,15,31H2,1-5H3. The molecule has 0 saturated heterocycles. The van der Waals surface area contributed by atoms with Crippen LogP contribution in [0.5, 0.6) is 23.0 Å². The van der Waals surface area contributed by atoms with E-state index in [2.05, 4.69) is 4.37 Å². The second kappa shape index (κ2) is 12.1. The average molecular weight is 533 g/mol. The Balaban J connectivity index is 1.60. The molecule has 1 unspecified atom stereocenters. The molecule has 0 saturated carbocycles. The van der Waals surface area contributed by atoms with Gasteiger partial charge in [0.1, 0.15) is 11.5 Å². The zero-order valence-corrected chi connectivity index (χ0v) is 23.1. The number of nitrogens with two attached hydrogens (primary N) is 1. The van der Waals surface area contributed by atoms with Crippen molar-refractivity contribution in [3.63, 3.8) is 0 Å². The number of carbonyl (C=O) groups is 1. The van der Waals surface area contributed by atoms with Crippen molar-refractivity contribution in [3.8, 4) is 45.4 Å². The fourth-order valence-electron chi connectivity index (χ4n) is 4.47. The number of carbonyl (C=O) groups excluding carboxylic acids is 1. The Labute approximate surface area is 227 Å². The van der Waals surface area contributed by atoms with E-state index in [0.717, 1.165) is 44.8 Å². The van der Waals surface area contributed by atoms with Gasteiger partial charge in [-0.25, -0.2) is 0 Å². The molecule has 0 amide bonds. The van der Waals surface area contributed by atoms with Gasteiger partial charge in [0.2, 0.25) is 0 Å². The van der Waals surface area contributed by atoms with Crippen LogP contribution in [0.25, 0.3) is 22.4 Å². The lowest BCUT2D eigenvalue weighted by Crippen LogP contribution is -2.34. The van der Waals surface area contributed by atoms with Gasteiger partial charge in [-0.2, -0.15) is 4.37 Å². The number of rotatable bonds is 11. The summed E-state index contributed by atoms with van der Waals surface area (Å²) < 4.78 is 26.5. The van der Waals surface area contributed by atoms with E-state index >= 15 is 0 Å². The highest BCUT2D eigenvalue weighted by Gasteiger charge is 2.20. The normalized spacial score (nSPS) is 11.6. The molecule has 0 radical (unpaired) electrons. The number of nitrogens with zero attached hydrogens (tertiary/aromatic N) is 1. The highest BCUT2D eigenvalue weighted by molar-refractivity contribution is 7.04. The molecule has 1 heterocycles. The maximum absolute atomic E-state index is 13.1. The van der Waals surface area contributed by atoms with Crippen molar-refractivity contribution in [2.45, 2.75) is 25.8 Å². The third-order valence-corrected chi connectivity index (χ3v) is 7.12. The Morgan fingerprint density at radius 1 is 0.895 bits per heavy atom. The molecule has 0 spiro atoms. The van der Waals surface area contributed by atoms with Crippen molar-refractivity contribution in [2.24, 2.45) is 5.73 Å². The molecule has 4 rings (SSSR count). The molecule has 1 aromatic heterocycles. The van der Waals surface area contributed by atoms with Crippen molar-refractivity contribution in [2.75, 3.05) is 28.4 Å². The summed E-state index contributed by atoms with van der Waals surface area (Å²) in [6.07, 6.45) is 0.610. The Hall–Kier alpha value is -3.88. The van der Waals surface area contributed by atoms with Gasteiger partial charge in [0, 0.05) is 28.5 Å². The minimum Gasteiger partial charge on any atom is -0.497 e. The van der Waals surface area contributed by atoms with E-state index in [1.807, 2.05) is 66.9 Å². The summed E-state index contributed by atoms with van der Waals surface area (Å²) in [4.78, 5) is 13.1. The second-order valence-electron chi connectivity index (χ2n) is 8.93. The summed E-state index contributed by atoms with van der Waals surface area (Å²) in [7, 11) is 6.47. The third-order valence-electron chi connectivity index (χ3n) is 6.49. The quantitative estimate of drug-likeness (QED) is 0.273. The van der Waals surface area contributed by atoms with E-state index in [1.165, 1.54) is 11.5 Å². The van der Waals surface area contributed by atoms with E-state index in [4.69, 9.17) is 24.7 Å². The van der Waals surface area contributed by atoms with Crippen LogP contribution in [0.3, 0.4) is 0 Å². The van der Waals surface area contributed by atoms with Gasteiger partial charge in [0.05, 0.1) is 40.2 Å². The second-order valence-corrected chi connectivity index (χ2v) is 9.56. The Morgan fingerprint density at radius 3 is 2.29 bits per heavy atom. The predicted octanol–water partition coefficient (Wildman–Crippen LogP) is 5.50. The molecule has 0 aliphatic heterocycles. The molecule has 7 nitrogen and oxygen atoms in total. The lowest BCUT2D eigenvalue weighted by atomic mass is 9.94. The Kier molecular flexibility index (Phi) is 8.66. The number of hydrogen-bond acceptors (Lipinski definition) is 8. The topological polar surface area (TPSA) is 92.9 Å². The number of methoxy groups -OCH3 is 4. The fraction of sp³-hybridized carbons (Fsp3) is 0.267. The maximum Gasteiger partial charge on any atom is 0.163 e. The predicted molar refractivity (Wildman–Crippen MR) is 151 cm³/mol. The molecule has 2 N–H and O–H groups in total. The van der Waals surface area contributed by atoms with Gasteiger partial charge in [0.25, 0.3) is 0 Å². The summed E-state index contributed by atoms with van der Waals surface area (Å²) in [5.41, 5.74) is 12.7. The largest absolute Gasteiger partial charge is 0.497 e. The first-order valence-corrected chi connectivity index (χ1v) is 13.0. The van der Waals surface area contributed by atoms with E-state index in [1.54, 1.807) is 28.4 Å². The first-order valence-electron chi connectivity index (χ1n) is 12.1. The minimum atomic E-state index is -0.634. The molecule has 8 heteroatoms. The van der Waals surface area contributed by atoms with Gasteiger partial charge in [-0.1, -0.05) is 18.2 Å². The average Bonchev–Trinajstić information content (AvgIpc) is 3.43. The van der Waals surface area contributed by atoms with Crippen LogP contribution in [0, 0.1) is 6.92 Å². The van der Waals surface area contributed by atoms with E-state index in [0.29, 0.717) is 23.7 Å². The van der Waals surface area contributed by atoms with Gasteiger partial charge in [-0.15, -0.1) is 0 Å². The third kappa shape index (κ3) is 5.82. The van der Waals surface area contributed by atoms with Crippen LogP contribution in [-0.2, 0) is 17.6 Å². The summed E-state index contributed by atoms with van der Waals surface area (Å²) in [6, 6.07) is 16.8. The van der Waals surface area contributed by atoms with Crippen molar-refractivity contribution >= 4 is 17.3 Å². The van der Waals surface area contributed by atoms with E-state index < -0.39 is 6.04 Å². The van der Waals surface area contributed by atoms with Crippen molar-refractivity contribution in [1.82, 2.24) is 4.37 Å². The molecule has 1 atom stereocenters. The summed E-state index contributed by atoms with van der Waals surface area (Å²) in [5, 5.41) is 2.00. The number of aromatic nitrogens is 1. The number of hydrogen-bond donors (Lipinski definition) is 1. The molecular weight excluding hydrogens is 500 g/mol. The van der Waals surface area contributed by atoms with Crippen LogP contribution >= 0.6 is 11.5 Å². The molecule has 0 bridgehead atoms. The van der Waals surface area contributed by atoms with Gasteiger partial charge < -0.3 is 24.7 Å². The van der Waals surface area contributed by atoms with Crippen LogP contribution < -0.4 is 24.7 Å². The Morgan fingerprint density at radius 2 is 1.63 bits per heavy atom. The molecule has 4 aromatic rings. The number of Topliss-reactive ketones (excluding diaryl/α,β-unsaturated/α-hetero) is 1. The highest BCUT2D eigenvalue weighted by Crippen LogP contribution is 2.40. The van der Waals surface area contributed by atoms with Crippen LogP contribution in [0.1, 0.15) is 16.7 Å². The number of ketones is 1. The zero-order chi connectivity index (χ0) is 27.2. The van der Waals surface area contributed by atoms with Crippen LogP contribution in [0.15, 0.2) is 60.0 Å². The summed E-state index contributed by atoms with van der Waals surface area (Å²) in [5.74, 6) is 2.69. The summed E-state index contributed by atoms with van der Waals surface area (Å²) in [6.45, 7) is 1.98. The van der Waals surface area contributed by atoms with Crippen molar-refractivity contribution in [3.05, 3.63) is 76.7 Å². The molecule has 0 fully saturated rings. The molecule has 198 valence electrons. The summed E-state index contributed by atoms with van der Waals surface area (Å²) >= 11 is 1.37. The molecule has 0 aliphatic rings. The van der Waals surface area contributed by atoms with E-state index in [9.17, 15) is 4.79 Å². The molecule has 3 aromatic carbocycles. The lowest BCUT2D eigenvalue weighted by Gasteiger charge is -2.15. The van der Waals surface area contributed by atoms with E-state index in [-0.39, 0.29) is 12.2 Å². The van der Waals surface area contributed by atoms with Crippen LogP contribution in [0.2, 0.25) is 0 Å². The van der Waals surface area contributed by atoms with Gasteiger partial charge in [-0.05, 0) is 78.0 Å². The Bertz CT molecular complexity index is 1410. The monoisotopic (exact) mass is 532 g/mol. The smallest absolute Gasteiger partial charge is 0.163 e. The number of benzene rings is 3. The molecular formula is C30H32N2O5S. The minimum absolute atomic E-state index is 0.0598. The van der Waals surface area contributed by atoms with Crippen LogP contribution in [-0.4, -0.2) is 44.6 Å². The first-order chi connectivity index (χ1) is 18.4. The maximum atomic E-state index is 13.1. The molecule has 38 heavy (non-hydrogen) atoms. The SMILES string of the molecule is COc1ccc(CC(N)C(=O)Cc2cc(-c3csnc3-c3cc(C)c(OC)c(OC)c3)ccc2OC)cc1. The zero-order valence-electron chi connectivity index (χ0n) is 22.2. The van der Waals surface area contributed by atoms with Gasteiger partial charge in [-0.3, -0.25) is 4.79 Å². The first kappa shape index (κ1) is 27.2. The van der Waals surface area contributed by atoms with Crippen molar-refractivity contribution in [1.29, 1.82) is 0 Å². The highest BCUT2D eigenvalue weighted by atomic mass is 32.1. The molecule has 0 aliphatic carbocycles. The number of ether oxygens (including phenoxy) is 4. The van der Waals surface area contributed by atoms with Crippen molar-refractivity contribution < 1.29 is 23.7 Å². The lowest BCUT2D eigenvalue weighted by molar-refractivity contribution is -0.119. The van der Waals surface area contributed by atoms with Gasteiger partial charge >= 0.3 is 0 Å². The van der Waals surface area contributed by atoms with Gasteiger partial charge in [0.15, 0.2) is 17.3 Å². The number of aryl methyl sites for hydroxylation is 1.